The van der Waals surface area contributed by atoms with E-state index in [1.165, 1.54) is 56.0 Å². The van der Waals surface area contributed by atoms with E-state index in [0.29, 0.717) is 29.6 Å². The van der Waals surface area contributed by atoms with E-state index in [2.05, 4.69) is 36.6 Å². The average molecular weight is 1470 g/mol. The third-order valence-corrected chi connectivity index (χ3v) is 21.4. The fourth-order valence-corrected chi connectivity index (χ4v) is 16.4. The number of nitrogens with one attached hydrogen (secondary N) is 5. The number of aliphatic hydroxyl groups is 2. The fourth-order valence-electron chi connectivity index (χ4n) is 12.3. The average Bonchev–Trinajstić information content (AvgIpc) is 1.62. The number of likely N-dealkylation sites (N-methyl/N-ethyl adjacent to an activating group) is 2. The van der Waals surface area contributed by atoms with Gasteiger partial charge in [0.25, 0.3) is 23.6 Å². The number of esters is 2. The van der Waals surface area contributed by atoms with Gasteiger partial charge in [0.2, 0.25) is 5.91 Å². The molecule has 12 rings (SSSR count). The number of carbonyl (C=O) groups excluding carboxylic acids is 7. The highest BCUT2D eigenvalue weighted by atomic mass is 32.1. The lowest BCUT2D eigenvalue weighted by Crippen LogP contribution is -2.62. The first-order chi connectivity index (χ1) is 47.8. The molecule has 528 valence electrons. The number of pyridine rings is 1. The van der Waals surface area contributed by atoms with E-state index in [-0.39, 0.29) is 105 Å². The summed E-state index contributed by atoms with van der Waals surface area (Å²) in [6.07, 6.45) is -7.29. The molecule has 8 aromatic rings. The zero-order chi connectivity index (χ0) is 71.2. The minimum Gasteiger partial charge on any atom is -0.499 e. The molecule has 31 nitrogen and oxygen atoms in total. The molecule has 1 aromatic carbocycles. The summed E-state index contributed by atoms with van der Waals surface area (Å²) < 4.78 is 45.4. The Balaban J connectivity index is 1.05. The summed E-state index contributed by atoms with van der Waals surface area (Å²) in [5.41, 5.74) is -0.469. The smallest absolute Gasteiger partial charge is 0.358 e. The highest BCUT2D eigenvalue weighted by molar-refractivity contribution is 7.14. The van der Waals surface area contributed by atoms with Crippen LogP contribution in [0.3, 0.4) is 0 Å². The van der Waals surface area contributed by atoms with Crippen LogP contribution in [0.2, 0.25) is 0 Å². The third-order valence-electron chi connectivity index (χ3n) is 17.0. The van der Waals surface area contributed by atoms with Crippen LogP contribution in [0.4, 0.5) is 0 Å². The number of fused-ring (bicyclic) bond motifs is 15. The molecule has 11 heterocycles. The molecule has 10 atom stereocenters. The SMILES string of the molecule is CO/C(C)=C1/NC(=O)C(C(C)O)NC(=O)c2csc(n2)-c2cc(OC)c(-c3nc(C(=O)NCCN(C)C)cs3)nc2-c2csc(n2)C2COC(=O)c3c4c5c(cccc5n3OC)COC(=O)C(OC3CC(C)(O)C(N(C)C)C(C)O3)C(OC4)C(NC(=O)c3csc1n3)c1nc(cs1)C(=O)N2. The molecule has 7 aromatic heterocycles. The number of nitrogens with zero attached hydrogens (tertiary/aromatic N) is 9. The van der Waals surface area contributed by atoms with E-state index < -0.39 is 122 Å². The first kappa shape index (κ1) is 71.1. The molecule has 12 bridgehead atoms. The lowest BCUT2D eigenvalue weighted by atomic mass is 9.85. The van der Waals surface area contributed by atoms with Crippen molar-refractivity contribution >= 4 is 115 Å². The Hall–Kier alpha value is -8.79. The summed E-state index contributed by atoms with van der Waals surface area (Å²) in [4.78, 5) is 142. The number of ether oxygens (including phenoxy) is 7. The van der Waals surface area contributed by atoms with Crippen LogP contribution in [0.25, 0.3) is 49.3 Å². The molecule has 5 amide bonds. The summed E-state index contributed by atoms with van der Waals surface area (Å²) in [6.45, 7) is 5.61. The number of cyclic esters (lactones) is 2. The quantitative estimate of drug-likeness (QED) is 0.0650. The van der Waals surface area contributed by atoms with E-state index in [1.807, 2.05) is 23.9 Å². The molecule has 0 saturated carbocycles. The van der Waals surface area contributed by atoms with Crippen molar-refractivity contribution in [3.8, 4) is 38.4 Å². The summed E-state index contributed by atoms with van der Waals surface area (Å²) in [7, 11) is 11.4. The van der Waals surface area contributed by atoms with Crippen LogP contribution >= 0.6 is 56.7 Å². The van der Waals surface area contributed by atoms with Gasteiger partial charge in [-0.25, -0.2) is 39.5 Å². The highest BCUT2D eigenvalue weighted by Crippen LogP contribution is 2.43. The number of benzene rings is 1. The van der Waals surface area contributed by atoms with Crippen molar-refractivity contribution in [2.75, 3.05) is 69.2 Å². The van der Waals surface area contributed by atoms with E-state index in [9.17, 15) is 24.6 Å². The first-order valence-electron chi connectivity index (χ1n) is 31.2. The van der Waals surface area contributed by atoms with Crippen molar-refractivity contribution in [1.29, 1.82) is 0 Å². The van der Waals surface area contributed by atoms with Gasteiger partial charge in [-0.05, 0) is 73.6 Å². The molecule has 4 aliphatic rings. The molecule has 36 heteroatoms. The molecule has 7 N–H and O–H groups in total. The van der Waals surface area contributed by atoms with Gasteiger partial charge in [0.15, 0.2) is 18.1 Å². The maximum atomic E-state index is 15.3. The number of methoxy groups -OCH3 is 2. The van der Waals surface area contributed by atoms with Crippen LogP contribution in [-0.4, -0.2) is 214 Å². The molecule has 1 fully saturated rings. The number of aliphatic hydroxyl groups excluding tert-OH is 1. The van der Waals surface area contributed by atoms with Gasteiger partial charge < -0.3 is 84.6 Å². The Morgan fingerprint density at radius 1 is 0.820 bits per heavy atom. The summed E-state index contributed by atoms with van der Waals surface area (Å²) in [5.74, 6) is -5.62. The largest absolute Gasteiger partial charge is 0.499 e. The standard InChI is InChI=1S/C64H70N14O17S5/c1-27(79)43-56(84)74-44(28(2)88-9)59-70-38(26-98-59)55(83)75-47-49-50(95-41-18-64(4,87)51(77(7)8)29(3)94-41)63(86)92-19-30-13-12-14-39-42(30)32(20-91-49)48(78(39)90-11)62(85)93-21-33(66-53(81)36-25-100-61(47)71-36)58-67-34(22-97-58)45-31(57-68-37(24-96-57)54(82)73-43)17-40(89-10)46(72-45)60-69-35(23-99-60)52(80)65-15-16-76(5)6/h12-14,17,22-27,29,33,41,43,47,49-51,79,87H,15-16,18-21H2,1-11H3,(H,65,80)(H,66,81)(H,73,82)(H,74,84)(H,75,83)/b44-28+. The number of allylic oxidation sites excluding steroid dienone is 1. The van der Waals surface area contributed by atoms with Crippen molar-refractivity contribution in [1.82, 2.24) is 71.0 Å². The lowest BCUT2D eigenvalue weighted by molar-refractivity contribution is -0.280. The van der Waals surface area contributed by atoms with Gasteiger partial charge >= 0.3 is 11.9 Å². The Labute approximate surface area is 591 Å². The molecule has 1 saturated heterocycles. The number of aromatic nitrogens is 7. The van der Waals surface area contributed by atoms with E-state index in [1.54, 1.807) is 63.0 Å². The van der Waals surface area contributed by atoms with Crippen molar-refractivity contribution < 1.29 is 81.8 Å². The monoisotopic (exact) mass is 1470 g/mol. The van der Waals surface area contributed by atoms with Crippen LogP contribution < -0.4 is 36.2 Å². The van der Waals surface area contributed by atoms with Gasteiger partial charge in [0.05, 0.1) is 50.2 Å². The van der Waals surface area contributed by atoms with Crippen LogP contribution in [0.5, 0.6) is 5.75 Å². The van der Waals surface area contributed by atoms with E-state index in [4.69, 9.17) is 57.9 Å². The first-order valence-corrected chi connectivity index (χ1v) is 35.6. The van der Waals surface area contributed by atoms with Crippen molar-refractivity contribution in [3.63, 3.8) is 0 Å². The highest BCUT2D eigenvalue weighted by Gasteiger charge is 2.50. The molecule has 0 aliphatic carbocycles. The van der Waals surface area contributed by atoms with Gasteiger partial charge in [-0.2, -0.15) is 4.73 Å². The Kier molecular flexibility index (Phi) is 20.9. The van der Waals surface area contributed by atoms with Crippen LogP contribution in [0.1, 0.15) is 125 Å². The van der Waals surface area contributed by atoms with Crippen LogP contribution in [0, 0.1) is 0 Å². The normalized spacial score (nSPS) is 23.9. The number of rotatable bonds is 12. The van der Waals surface area contributed by atoms with E-state index >= 15 is 19.2 Å². The van der Waals surface area contributed by atoms with Gasteiger partial charge in [0, 0.05) is 62.9 Å². The minimum absolute atomic E-state index is 0.0159. The van der Waals surface area contributed by atoms with E-state index in [0.717, 1.165) is 56.7 Å². The fraction of sp³-hybridized carbons (Fsp3) is 0.422. The second-order valence-corrected chi connectivity index (χ2v) is 28.8. The number of amides is 5. The van der Waals surface area contributed by atoms with Gasteiger partial charge in [-0.3, -0.25) is 24.0 Å². The minimum atomic E-state index is -1.87. The Morgan fingerprint density at radius 2 is 1.50 bits per heavy atom. The molecular weight excluding hydrogens is 1400 g/mol. The predicted molar refractivity (Wildman–Crippen MR) is 365 cm³/mol. The van der Waals surface area contributed by atoms with Crippen LogP contribution in [-0.2, 0) is 51.2 Å². The van der Waals surface area contributed by atoms with Gasteiger partial charge in [-0.1, -0.05) is 12.1 Å². The second-order valence-electron chi connectivity index (χ2n) is 24.4. The molecule has 0 spiro atoms. The predicted octanol–water partition coefficient (Wildman–Crippen LogP) is 4.58. The van der Waals surface area contributed by atoms with Crippen molar-refractivity contribution in [2.45, 2.75) is 108 Å². The maximum Gasteiger partial charge on any atom is 0.358 e. The molecule has 0 radical (unpaired) electrons. The van der Waals surface area contributed by atoms with Crippen molar-refractivity contribution in [2.24, 2.45) is 0 Å². The molecule has 4 aliphatic heterocycles. The number of hydrogen-bond acceptors (Lipinski definition) is 30. The number of carbonyl (C=O) groups is 7. The third kappa shape index (κ3) is 14.3. The number of thiazole rings is 5. The topological polar surface area (TPSA) is 383 Å². The van der Waals surface area contributed by atoms with Gasteiger partial charge in [0.1, 0.15) is 127 Å². The number of hydrogen-bond donors (Lipinski definition) is 7. The zero-order valence-corrected chi connectivity index (χ0v) is 59.8. The summed E-state index contributed by atoms with van der Waals surface area (Å²) in [6, 6.07) is 1.64. The molecule has 10 unspecified atom stereocenters. The Morgan fingerprint density at radius 3 is 2.21 bits per heavy atom. The maximum absolute atomic E-state index is 15.3. The van der Waals surface area contributed by atoms with Crippen molar-refractivity contribution in [3.05, 3.63) is 112 Å². The zero-order valence-electron chi connectivity index (χ0n) is 55.7. The molecule has 100 heavy (non-hydrogen) atoms. The Bertz CT molecular complexity index is 4510. The summed E-state index contributed by atoms with van der Waals surface area (Å²) in [5, 5.41) is 45.9. The van der Waals surface area contributed by atoms with Crippen LogP contribution in [0.15, 0.2) is 56.9 Å². The second kappa shape index (κ2) is 29.4. The summed E-state index contributed by atoms with van der Waals surface area (Å²) >= 11 is 5.03. The molecular formula is C64H70N14O17S5. The van der Waals surface area contributed by atoms with Gasteiger partial charge in [-0.15, -0.1) is 56.7 Å². The lowest BCUT2D eigenvalue weighted by Gasteiger charge is -2.48.